The zero-order valence-corrected chi connectivity index (χ0v) is 15.5. The third-order valence-electron chi connectivity index (χ3n) is 4.76. The van der Waals surface area contributed by atoms with E-state index in [2.05, 4.69) is 4.98 Å². The van der Waals surface area contributed by atoms with E-state index in [-0.39, 0.29) is 6.61 Å². The molecule has 5 nitrogen and oxygen atoms in total. The molecule has 0 unspecified atom stereocenters. The first kappa shape index (κ1) is 20.3. The van der Waals surface area contributed by atoms with E-state index < -0.39 is 36.9 Å². The van der Waals surface area contributed by atoms with Crippen LogP contribution in [0.3, 0.4) is 0 Å². The summed E-state index contributed by atoms with van der Waals surface area (Å²) in [6.07, 6.45) is -4.10. The lowest BCUT2D eigenvalue weighted by molar-refractivity contribution is -0.159. The SMILES string of the molecule is CC1(C)O[C@H](c2ccc(-c3cccc(CO)n3)cc2)[C@@H](CF)N1C(=O)C(F)F. The van der Waals surface area contributed by atoms with Gasteiger partial charge in [0.2, 0.25) is 0 Å². The minimum absolute atomic E-state index is 0.177. The highest BCUT2D eigenvalue weighted by atomic mass is 19.3. The van der Waals surface area contributed by atoms with Crippen molar-refractivity contribution in [1.82, 2.24) is 9.88 Å². The average molecular weight is 394 g/mol. The molecule has 1 aromatic heterocycles. The molecule has 2 aromatic rings. The van der Waals surface area contributed by atoms with Crippen LogP contribution in [0.15, 0.2) is 42.5 Å². The second-order valence-electron chi connectivity index (χ2n) is 7.01. The van der Waals surface area contributed by atoms with Crippen molar-refractivity contribution in [2.45, 2.75) is 44.8 Å². The molecule has 2 heterocycles. The molecule has 0 aliphatic carbocycles. The van der Waals surface area contributed by atoms with E-state index in [1.54, 1.807) is 42.5 Å². The Morgan fingerprint density at radius 1 is 1.25 bits per heavy atom. The predicted octanol–water partition coefficient (Wildman–Crippen LogP) is 3.48. The number of ether oxygens (including phenoxy) is 1. The molecule has 1 aromatic carbocycles. The molecule has 28 heavy (non-hydrogen) atoms. The molecule has 0 spiro atoms. The van der Waals surface area contributed by atoms with Gasteiger partial charge in [-0.2, -0.15) is 8.78 Å². The summed E-state index contributed by atoms with van der Waals surface area (Å²) < 4.78 is 45.5. The van der Waals surface area contributed by atoms with Gasteiger partial charge in [0.25, 0.3) is 5.91 Å². The Labute approximate surface area is 160 Å². The summed E-state index contributed by atoms with van der Waals surface area (Å²) in [7, 11) is 0. The maximum Gasteiger partial charge on any atom is 0.315 e. The molecule has 0 radical (unpaired) electrons. The second-order valence-corrected chi connectivity index (χ2v) is 7.01. The highest BCUT2D eigenvalue weighted by molar-refractivity contribution is 5.80. The molecular weight excluding hydrogens is 373 g/mol. The Morgan fingerprint density at radius 3 is 2.50 bits per heavy atom. The molecule has 1 saturated heterocycles. The van der Waals surface area contributed by atoms with Crippen LogP contribution in [0.5, 0.6) is 0 Å². The zero-order valence-electron chi connectivity index (χ0n) is 15.5. The molecule has 1 N–H and O–H groups in total. The molecule has 0 bridgehead atoms. The van der Waals surface area contributed by atoms with Gasteiger partial charge in [-0.15, -0.1) is 0 Å². The normalized spacial score (nSPS) is 21.3. The van der Waals surface area contributed by atoms with Crippen molar-refractivity contribution in [2.75, 3.05) is 6.67 Å². The van der Waals surface area contributed by atoms with E-state index >= 15 is 0 Å². The smallest absolute Gasteiger partial charge is 0.315 e. The third kappa shape index (κ3) is 3.74. The van der Waals surface area contributed by atoms with Gasteiger partial charge >= 0.3 is 6.43 Å². The molecule has 1 aliphatic rings. The number of rotatable bonds is 5. The molecule has 3 rings (SSSR count). The fraction of sp³-hybridized carbons (Fsp3) is 0.400. The number of benzene rings is 1. The number of hydrogen-bond acceptors (Lipinski definition) is 4. The monoisotopic (exact) mass is 394 g/mol. The van der Waals surface area contributed by atoms with Gasteiger partial charge in [0.15, 0.2) is 0 Å². The summed E-state index contributed by atoms with van der Waals surface area (Å²) in [4.78, 5) is 17.0. The maximum absolute atomic E-state index is 13.7. The van der Waals surface area contributed by atoms with Crippen molar-refractivity contribution >= 4 is 5.91 Å². The van der Waals surface area contributed by atoms with Crippen molar-refractivity contribution in [1.29, 1.82) is 0 Å². The van der Waals surface area contributed by atoms with Crippen LogP contribution >= 0.6 is 0 Å². The van der Waals surface area contributed by atoms with Gasteiger partial charge in [0, 0.05) is 5.56 Å². The molecule has 8 heteroatoms. The first-order valence-corrected chi connectivity index (χ1v) is 8.80. The Hall–Kier alpha value is -2.45. The quantitative estimate of drug-likeness (QED) is 0.844. The van der Waals surface area contributed by atoms with Gasteiger partial charge < -0.3 is 14.7 Å². The van der Waals surface area contributed by atoms with Crippen LogP contribution in [0.25, 0.3) is 11.3 Å². The van der Waals surface area contributed by atoms with E-state index in [4.69, 9.17) is 4.74 Å². The fourth-order valence-corrected chi connectivity index (χ4v) is 3.53. The number of halogens is 3. The molecule has 2 atom stereocenters. The zero-order chi connectivity index (χ0) is 20.5. The Balaban J connectivity index is 1.89. The van der Waals surface area contributed by atoms with E-state index in [0.29, 0.717) is 17.0 Å². The van der Waals surface area contributed by atoms with Crippen molar-refractivity contribution in [3.63, 3.8) is 0 Å². The number of nitrogens with zero attached hydrogens (tertiary/aromatic N) is 2. The number of aliphatic hydroxyl groups is 1. The van der Waals surface area contributed by atoms with E-state index in [0.717, 1.165) is 10.5 Å². The number of amides is 1. The van der Waals surface area contributed by atoms with Gasteiger partial charge in [-0.25, -0.2) is 4.39 Å². The number of aromatic nitrogens is 1. The van der Waals surface area contributed by atoms with Crippen LogP contribution in [0.2, 0.25) is 0 Å². The number of aliphatic hydroxyl groups excluding tert-OH is 1. The number of carbonyl (C=O) groups is 1. The second kappa shape index (κ2) is 7.89. The standard InChI is InChI=1S/C20H21F3N2O3/c1-20(2)25(19(27)18(22)23)16(10-21)17(28-20)13-8-6-12(7-9-13)15-5-3-4-14(11-26)24-15/h3-9,16-18,26H,10-11H2,1-2H3/t16-,17-/m1/s1. The van der Waals surface area contributed by atoms with Crippen LogP contribution < -0.4 is 0 Å². The van der Waals surface area contributed by atoms with Crippen molar-refractivity contribution in [3.05, 3.63) is 53.7 Å². The van der Waals surface area contributed by atoms with Gasteiger partial charge in [-0.3, -0.25) is 9.78 Å². The summed E-state index contributed by atoms with van der Waals surface area (Å²) in [6, 6.07) is 11.0. The van der Waals surface area contributed by atoms with Gasteiger partial charge in [-0.05, 0) is 31.5 Å². The highest BCUT2D eigenvalue weighted by Crippen LogP contribution is 2.42. The van der Waals surface area contributed by atoms with Crippen molar-refractivity contribution in [3.8, 4) is 11.3 Å². The van der Waals surface area contributed by atoms with Gasteiger partial charge in [0.1, 0.15) is 18.5 Å². The maximum atomic E-state index is 13.7. The molecular formula is C20H21F3N2O3. The average Bonchev–Trinajstić information content (AvgIpc) is 2.97. The molecule has 1 aliphatic heterocycles. The summed E-state index contributed by atoms with van der Waals surface area (Å²) in [6.45, 7) is 1.75. The Kier molecular flexibility index (Phi) is 5.71. The summed E-state index contributed by atoms with van der Waals surface area (Å²) in [5, 5.41) is 9.21. The van der Waals surface area contributed by atoms with E-state index in [9.17, 15) is 23.1 Å². The number of carbonyl (C=O) groups excluding carboxylic acids is 1. The van der Waals surface area contributed by atoms with Crippen molar-refractivity contribution in [2.24, 2.45) is 0 Å². The van der Waals surface area contributed by atoms with Gasteiger partial charge in [-0.1, -0.05) is 30.3 Å². The largest absolute Gasteiger partial charge is 0.390 e. The van der Waals surface area contributed by atoms with E-state index in [1.807, 2.05) is 0 Å². The molecule has 1 amide bonds. The highest BCUT2D eigenvalue weighted by Gasteiger charge is 2.52. The van der Waals surface area contributed by atoms with Crippen LogP contribution in [-0.4, -0.2) is 45.8 Å². The Bertz CT molecular complexity index is 843. The number of alkyl halides is 3. The molecule has 0 saturated carbocycles. The summed E-state index contributed by atoms with van der Waals surface area (Å²) in [5.74, 6) is -1.45. The van der Waals surface area contributed by atoms with Gasteiger partial charge in [0.05, 0.1) is 24.0 Å². The number of pyridine rings is 1. The van der Waals surface area contributed by atoms with Crippen LogP contribution in [-0.2, 0) is 16.1 Å². The fourth-order valence-electron chi connectivity index (χ4n) is 3.53. The lowest BCUT2D eigenvalue weighted by Gasteiger charge is -2.32. The number of hydrogen-bond donors (Lipinski definition) is 1. The van der Waals surface area contributed by atoms with Crippen molar-refractivity contribution < 1.29 is 27.8 Å². The molecule has 150 valence electrons. The lowest BCUT2D eigenvalue weighted by atomic mass is 10.00. The van der Waals surface area contributed by atoms with Crippen LogP contribution in [0.4, 0.5) is 13.2 Å². The first-order chi connectivity index (χ1) is 13.3. The summed E-state index contributed by atoms with van der Waals surface area (Å²) in [5.41, 5.74) is 1.17. The summed E-state index contributed by atoms with van der Waals surface area (Å²) >= 11 is 0. The van der Waals surface area contributed by atoms with Crippen LogP contribution in [0.1, 0.15) is 31.2 Å². The topological polar surface area (TPSA) is 62.7 Å². The Morgan fingerprint density at radius 2 is 1.93 bits per heavy atom. The minimum atomic E-state index is -3.23. The van der Waals surface area contributed by atoms with E-state index in [1.165, 1.54) is 13.8 Å². The molecule has 1 fully saturated rings. The minimum Gasteiger partial charge on any atom is -0.390 e. The first-order valence-electron chi connectivity index (χ1n) is 8.80. The van der Waals surface area contributed by atoms with Crippen LogP contribution in [0, 0.1) is 0 Å². The third-order valence-corrected chi connectivity index (χ3v) is 4.76. The lowest BCUT2D eigenvalue weighted by Crippen LogP contribution is -2.51. The predicted molar refractivity (Wildman–Crippen MR) is 96.1 cm³/mol.